The van der Waals surface area contributed by atoms with Crippen molar-refractivity contribution in [2.45, 2.75) is 77.0 Å². The molecule has 0 aliphatic heterocycles. The second-order valence-electron chi connectivity index (χ2n) is 6.05. The highest BCUT2D eigenvalue weighted by molar-refractivity contribution is 5.75. The van der Waals surface area contributed by atoms with Crippen molar-refractivity contribution in [3.63, 3.8) is 0 Å². The first-order valence-electron chi connectivity index (χ1n) is 7.88. The number of carboxylic acid groups (broad SMARTS) is 1. The third-order valence-corrected chi connectivity index (χ3v) is 3.96. The minimum Gasteiger partial charge on any atom is -0.481 e. The molecule has 2 unspecified atom stereocenters. The highest BCUT2D eigenvalue weighted by Crippen LogP contribution is 2.18. The number of urea groups is 1. The van der Waals surface area contributed by atoms with Gasteiger partial charge in [-0.25, -0.2) is 4.79 Å². The predicted molar refractivity (Wildman–Crippen MR) is 80.1 cm³/mol. The zero-order valence-corrected chi connectivity index (χ0v) is 13.0. The van der Waals surface area contributed by atoms with E-state index in [1.54, 1.807) is 4.90 Å². The fourth-order valence-corrected chi connectivity index (χ4v) is 2.69. The van der Waals surface area contributed by atoms with Crippen LogP contribution in [0.15, 0.2) is 0 Å². The number of nitrogens with zero attached hydrogens (tertiary/aromatic N) is 1. The van der Waals surface area contributed by atoms with Crippen LogP contribution in [0.4, 0.5) is 4.79 Å². The lowest BCUT2D eigenvalue weighted by Crippen LogP contribution is -2.51. The molecule has 2 atom stereocenters. The summed E-state index contributed by atoms with van der Waals surface area (Å²) in [6, 6.07) is -0.399. The van der Waals surface area contributed by atoms with Crippen molar-refractivity contribution in [1.29, 1.82) is 0 Å². The number of amides is 2. The molecule has 1 aliphatic carbocycles. The van der Waals surface area contributed by atoms with E-state index in [4.69, 9.17) is 5.11 Å². The first-order valence-corrected chi connectivity index (χ1v) is 7.88. The Morgan fingerprint density at radius 2 is 1.90 bits per heavy atom. The summed E-state index contributed by atoms with van der Waals surface area (Å²) in [4.78, 5) is 24.5. The molecule has 1 rings (SSSR count). The summed E-state index contributed by atoms with van der Waals surface area (Å²) in [6.07, 6.45) is 4.65. The van der Waals surface area contributed by atoms with Gasteiger partial charge in [0.05, 0.1) is 12.1 Å². The molecule has 21 heavy (non-hydrogen) atoms. The van der Waals surface area contributed by atoms with Gasteiger partial charge in [-0.1, -0.05) is 19.3 Å². The maximum absolute atomic E-state index is 12.3. The second-order valence-corrected chi connectivity index (χ2v) is 6.05. The normalized spacial score (nSPS) is 22.7. The Bertz CT molecular complexity index is 347. The van der Waals surface area contributed by atoms with Crippen LogP contribution in [-0.4, -0.2) is 51.8 Å². The Balaban J connectivity index is 2.52. The molecule has 1 fully saturated rings. The summed E-state index contributed by atoms with van der Waals surface area (Å²) in [5.74, 6) is -0.849. The molecule has 0 radical (unpaired) electrons. The molecule has 0 bridgehead atoms. The number of carbonyl (C=O) groups excluding carboxylic acids is 1. The fourth-order valence-electron chi connectivity index (χ4n) is 2.69. The van der Waals surface area contributed by atoms with Crippen LogP contribution in [0.25, 0.3) is 0 Å². The summed E-state index contributed by atoms with van der Waals surface area (Å²) in [5.41, 5.74) is 0. The summed E-state index contributed by atoms with van der Waals surface area (Å²) < 4.78 is 0. The lowest BCUT2D eigenvalue weighted by molar-refractivity contribution is -0.137. The van der Waals surface area contributed by atoms with Gasteiger partial charge < -0.3 is 20.4 Å². The first-order chi connectivity index (χ1) is 9.91. The Kier molecular flexibility index (Phi) is 7.50. The number of hydrogen-bond donors (Lipinski definition) is 3. The largest absolute Gasteiger partial charge is 0.481 e. The molecule has 6 nitrogen and oxygen atoms in total. The molecule has 1 aliphatic rings. The fraction of sp³-hybridized carbons (Fsp3) is 0.867. The minimum atomic E-state index is -0.849. The average Bonchev–Trinajstić information content (AvgIpc) is 2.59. The van der Waals surface area contributed by atoms with Crippen LogP contribution in [0.3, 0.4) is 0 Å². The van der Waals surface area contributed by atoms with Gasteiger partial charge in [0.2, 0.25) is 0 Å². The molecule has 0 aromatic heterocycles. The topological polar surface area (TPSA) is 89.9 Å². The quantitative estimate of drug-likeness (QED) is 0.654. The van der Waals surface area contributed by atoms with E-state index in [9.17, 15) is 14.7 Å². The van der Waals surface area contributed by atoms with E-state index in [0.29, 0.717) is 13.0 Å². The van der Waals surface area contributed by atoms with E-state index in [2.05, 4.69) is 5.32 Å². The number of hydrogen-bond acceptors (Lipinski definition) is 3. The molecule has 6 heteroatoms. The summed E-state index contributed by atoms with van der Waals surface area (Å²) in [5, 5.41) is 21.7. The van der Waals surface area contributed by atoms with Crippen LogP contribution in [0.1, 0.15) is 58.8 Å². The SMILES string of the molecule is CC(C)N(CCCC(=O)O)C(=O)NC1CCCCCC1O. The summed E-state index contributed by atoms with van der Waals surface area (Å²) >= 11 is 0. The predicted octanol–water partition coefficient (Wildman–Crippen LogP) is 1.96. The van der Waals surface area contributed by atoms with E-state index < -0.39 is 12.1 Å². The number of aliphatic carboxylic acids is 1. The van der Waals surface area contributed by atoms with Gasteiger partial charge in [-0.05, 0) is 33.1 Å². The van der Waals surface area contributed by atoms with Gasteiger partial charge in [0, 0.05) is 19.0 Å². The first kappa shape index (κ1) is 17.8. The minimum absolute atomic E-state index is 0.00159. The Hall–Kier alpha value is -1.30. The van der Waals surface area contributed by atoms with Gasteiger partial charge in [0.25, 0.3) is 0 Å². The molecule has 3 N–H and O–H groups in total. The van der Waals surface area contributed by atoms with Crippen molar-refractivity contribution in [1.82, 2.24) is 10.2 Å². The number of nitrogens with one attached hydrogen (secondary N) is 1. The molecule has 0 heterocycles. The summed E-state index contributed by atoms with van der Waals surface area (Å²) in [6.45, 7) is 4.23. The summed E-state index contributed by atoms with van der Waals surface area (Å²) in [7, 11) is 0. The van der Waals surface area contributed by atoms with E-state index in [0.717, 1.165) is 32.1 Å². The van der Waals surface area contributed by atoms with E-state index >= 15 is 0 Å². The number of aliphatic hydroxyl groups is 1. The van der Waals surface area contributed by atoms with Crippen LogP contribution in [0.5, 0.6) is 0 Å². The molecular formula is C15H28N2O4. The van der Waals surface area contributed by atoms with Crippen molar-refractivity contribution in [3.05, 3.63) is 0 Å². The van der Waals surface area contributed by atoms with E-state index in [-0.39, 0.29) is 24.5 Å². The van der Waals surface area contributed by atoms with Crippen LogP contribution >= 0.6 is 0 Å². The monoisotopic (exact) mass is 300 g/mol. The number of aliphatic hydroxyl groups excluding tert-OH is 1. The van der Waals surface area contributed by atoms with Crippen LogP contribution in [0.2, 0.25) is 0 Å². The number of carboxylic acids is 1. The molecule has 0 spiro atoms. The molecule has 2 amide bonds. The van der Waals surface area contributed by atoms with Gasteiger partial charge in [0.1, 0.15) is 0 Å². The molecular weight excluding hydrogens is 272 g/mol. The molecule has 122 valence electrons. The smallest absolute Gasteiger partial charge is 0.317 e. The number of rotatable bonds is 6. The highest BCUT2D eigenvalue weighted by atomic mass is 16.4. The number of carbonyl (C=O) groups is 2. The third kappa shape index (κ3) is 6.33. The average molecular weight is 300 g/mol. The molecule has 0 saturated heterocycles. The van der Waals surface area contributed by atoms with Gasteiger partial charge >= 0.3 is 12.0 Å². The maximum Gasteiger partial charge on any atom is 0.317 e. The lowest BCUT2D eigenvalue weighted by atomic mass is 10.1. The van der Waals surface area contributed by atoms with Crippen molar-refractivity contribution in [3.8, 4) is 0 Å². The lowest BCUT2D eigenvalue weighted by Gasteiger charge is -2.30. The Labute approximate surface area is 126 Å². The van der Waals surface area contributed by atoms with Gasteiger partial charge in [0.15, 0.2) is 0 Å². The van der Waals surface area contributed by atoms with Crippen molar-refractivity contribution >= 4 is 12.0 Å². The Morgan fingerprint density at radius 3 is 2.52 bits per heavy atom. The van der Waals surface area contributed by atoms with Gasteiger partial charge in [-0.3, -0.25) is 4.79 Å². The van der Waals surface area contributed by atoms with Crippen LogP contribution < -0.4 is 5.32 Å². The second kappa shape index (κ2) is 8.87. The maximum atomic E-state index is 12.3. The van der Waals surface area contributed by atoms with E-state index in [1.807, 2.05) is 13.8 Å². The van der Waals surface area contributed by atoms with Crippen LogP contribution in [0, 0.1) is 0 Å². The Morgan fingerprint density at radius 1 is 1.24 bits per heavy atom. The van der Waals surface area contributed by atoms with Crippen molar-refractivity contribution in [2.24, 2.45) is 0 Å². The molecule has 1 saturated carbocycles. The zero-order valence-electron chi connectivity index (χ0n) is 13.0. The third-order valence-electron chi connectivity index (χ3n) is 3.96. The van der Waals surface area contributed by atoms with E-state index in [1.165, 1.54) is 0 Å². The zero-order chi connectivity index (χ0) is 15.8. The van der Waals surface area contributed by atoms with Gasteiger partial charge in [-0.15, -0.1) is 0 Å². The van der Waals surface area contributed by atoms with Crippen molar-refractivity contribution in [2.75, 3.05) is 6.54 Å². The standard InChI is InChI=1S/C15H28N2O4/c1-11(2)17(10-6-9-14(19)20)15(21)16-12-7-4-3-5-8-13(12)18/h11-13,18H,3-10H2,1-2H3,(H,16,21)(H,19,20). The van der Waals surface area contributed by atoms with Gasteiger partial charge in [-0.2, -0.15) is 0 Å². The molecule has 0 aromatic rings. The highest BCUT2D eigenvalue weighted by Gasteiger charge is 2.26. The molecule has 0 aromatic carbocycles. The van der Waals surface area contributed by atoms with Crippen molar-refractivity contribution < 1.29 is 19.8 Å². The van der Waals surface area contributed by atoms with Crippen LogP contribution in [-0.2, 0) is 4.79 Å².